The van der Waals surface area contributed by atoms with E-state index in [9.17, 15) is 0 Å². The Kier molecular flexibility index (Phi) is 3.37. The number of rotatable bonds is 2. The van der Waals surface area contributed by atoms with E-state index in [1.165, 1.54) is 22.3 Å². The Bertz CT molecular complexity index is 822. The number of benzene rings is 2. The molecule has 1 N–H and O–H groups in total. The minimum Gasteiger partial charge on any atom is -0.348 e. The van der Waals surface area contributed by atoms with Crippen molar-refractivity contribution in [1.29, 1.82) is 0 Å². The average Bonchev–Trinajstić information content (AvgIpc) is 3.05. The third kappa shape index (κ3) is 2.50. The molecule has 0 unspecified atom stereocenters. The van der Waals surface area contributed by atoms with Gasteiger partial charge in [-0.25, -0.2) is 4.68 Å². The fourth-order valence-corrected chi connectivity index (χ4v) is 3.40. The molecule has 4 heteroatoms. The van der Waals surface area contributed by atoms with E-state index in [2.05, 4.69) is 77.8 Å². The zero-order valence-electron chi connectivity index (χ0n) is 13.4. The number of hydrogen-bond donors (Lipinski definition) is 1. The molecule has 2 atom stereocenters. The zero-order valence-corrected chi connectivity index (χ0v) is 13.4. The maximum Gasteiger partial charge on any atom is 0.222 e. The van der Waals surface area contributed by atoms with E-state index in [1.54, 1.807) is 6.33 Å². The smallest absolute Gasteiger partial charge is 0.222 e. The van der Waals surface area contributed by atoms with E-state index >= 15 is 0 Å². The van der Waals surface area contributed by atoms with Crippen LogP contribution in [0, 0.1) is 13.8 Å². The lowest BCUT2D eigenvalue weighted by Gasteiger charge is -2.32. The van der Waals surface area contributed by atoms with Crippen LogP contribution in [0.15, 0.2) is 54.9 Å². The van der Waals surface area contributed by atoms with Gasteiger partial charge in [0.05, 0.1) is 12.1 Å². The number of nitrogens with zero attached hydrogens (tertiary/aromatic N) is 3. The lowest BCUT2D eigenvalue weighted by molar-refractivity contribution is 0.429. The first-order chi connectivity index (χ1) is 11.2. The summed E-state index contributed by atoms with van der Waals surface area (Å²) in [5.74, 6) is 0.844. The third-order valence-electron chi connectivity index (χ3n) is 4.63. The second-order valence-corrected chi connectivity index (χ2v) is 6.25. The Morgan fingerprint density at radius 3 is 2.74 bits per heavy atom. The van der Waals surface area contributed by atoms with Crippen LogP contribution >= 0.6 is 0 Å². The van der Waals surface area contributed by atoms with Gasteiger partial charge in [0.25, 0.3) is 0 Å². The second-order valence-electron chi connectivity index (χ2n) is 6.25. The molecule has 0 saturated heterocycles. The van der Waals surface area contributed by atoms with Crippen molar-refractivity contribution in [1.82, 2.24) is 14.8 Å². The Labute approximate surface area is 136 Å². The molecule has 2 aromatic carbocycles. The number of nitrogens with one attached hydrogen (secondary N) is 1. The van der Waals surface area contributed by atoms with E-state index in [0.29, 0.717) is 0 Å². The molecule has 116 valence electrons. The summed E-state index contributed by atoms with van der Waals surface area (Å²) in [5, 5.41) is 7.97. The SMILES string of the molecule is Cc1ccc(C)c([C@H]2C[C@@H](c3ccccc3)Nc3ncnn32)c1. The van der Waals surface area contributed by atoms with Gasteiger partial charge in [0.1, 0.15) is 6.33 Å². The molecular formula is C19H20N4. The lowest BCUT2D eigenvalue weighted by atomic mass is 9.90. The monoisotopic (exact) mass is 304 g/mol. The predicted octanol–water partition coefficient (Wildman–Crippen LogP) is 4.04. The van der Waals surface area contributed by atoms with Crippen LogP contribution in [-0.4, -0.2) is 14.8 Å². The number of hydrogen-bond acceptors (Lipinski definition) is 3. The molecule has 4 nitrogen and oxygen atoms in total. The standard InChI is InChI=1S/C19H20N4/c1-13-8-9-14(2)16(10-13)18-11-17(15-6-4-3-5-7-15)22-19-20-12-21-23(18)19/h3-10,12,17-18H,11H2,1-2H3,(H,20,21,22)/t17-,18+/m0/s1. The van der Waals surface area contributed by atoms with Gasteiger partial charge in [0.15, 0.2) is 0 Å². The van der Waals surface area contributed by atoms with Gasteiger partial charge >= 0.3 is 0 Å². The van der Waals surface area contributed by atoms with Crippen molar-refractivity contribution in [2.75, 3.05) is 5.32 Å². The average molecular weight is 304 g/mol. The topological polar surface area (TPSA) is 42.7 Å². The highest BCUT2D eigenvalue weighted by molar-refractivity contribution is 5.41. The van der Waals surface area contributed by atoms with Crippen LogP contribution in [0.5, 0.6) is 0 Å². The van der Waals surface area contributed by atoms with Crippen molar-refractivity contribution in [2.24, 2.45) is 0 Å². The Balaban J connectivity index is 1.78. The molecule has 23 heavy (non-hydrogen) atoms. The quantitative estimate of drug-likeness (QED) is 0.777. The van der Waals surface area contributed by atoms with Gasteiger partial charge < -0.3 is 5.32 Å². The molecule has 0 bridgehead atoms. The molecule has 0 radical (unpaired) electrons. The number of fused-ring (bicyclic) bond motifs is 1. The summed E-state index contributed by atoms with van der Waals surface area (Å²) in [4.78, 5) is 4.40. The molecule has 0 amide bonds. The van der Waals surface area contributed by atoms with E-state index in [0.717, 1.165) is 12.4 Å². The van der Waals surface area contributed by atoms with Crippen LogP contribution in [0.3, 0.4) is 0 Å². The summed E-state index contributed by atoms with van der Waals surface area (Å²) in [6.45, 7) is 4.31. The first-order valence-corrected chi connectivity index (χ1v) is 8.00. The molecule has 4 rings (SSSR count). The number of anilines is 1. The fourth-order valence-electron chi connectivity index (χ4n) is 3.40. The highest BCUT2D eigenvalue weighted by Gasteiger charge is 2.30. The van der Waals surface area contributed by atoms with Crippen molar-refractivity contribution < 1.29 is 0 Å². The number of aromatic nitrogens is 3. The fraction of sp³-hybridized carbons (Fsp3) is 0.263. The predicted molar refractivity (Wildman–Crippen MR) is 91.5 cm³/mol. The first kappa shape index (κ1) is 14.0. The minimum absolute atomic E-state index is 0.207. The molecule has 0 fully saturated rings. The van der Waals surface area contributed by atoms with Crippen LogP contribution in [0.2, 0.25) is 0 Å². The van der Waals surface area contributed by atoms with Gasteiger partial charge in [-0.3, -0.25) is 0 Å². The lowest BCUT2D eigenvalue weighted by Crippen LogP contribution is -2.28. The molecule has 2 heterocycles. The molecule has 1 aliphatic rings. The molecule has 1 aromatic heterocycles. The first-order valence-electron chi connectivity index (χ1n) is 8.00. The van der Waals surface area contributed by atoms with Gasteiger partial charge in [0.2, 0.25) is 5.95 Å². The normalized spacial score (nSPS) is 19.9. The second kappa shape index (κ2) is 5.54. The molecular weight excluding hydrogens is 284 g/mol. The summed E-state index contributed by atoms with van der Waals surface area (Å²) in [5.41, 5.74) is 5.20. The highest BCUT2D eigenvalue weighted by atomic mass is 15.4. The van der Waals surface area contributed by atoms with E-state index < -0.39 is 0 Å². The maximum absolute atomic E-state index is 4.46. The molecule has 0 spiro atoms. The zero-order chi connectivity index (χ0) is 15.8. The summed E-state index contributed by atoms with van der Waals surface area (Å²) in [6.07, 6.45) is 2.60. The molecule has 3 aromatic rings. The van der Waals surface area contributed by atoms with E-state index in [-0.39, 0.29) is 12.1 Å². The van der Waals surface area contributed by atoms with Crippen molar-refractivity contribution in [3.8, 4) is 0 Å². The van der Waals surface area contributed by atoms with Gasteiger partial charge in [-0.05, 0) is 37.0 Å². The van der Waals surface area contributed by atoms with Crippen molar-refractivity contribution in [3.63, 3.8) is 0 Å². The van der Waals surface area contributed by atoms with Crippen molar-refractivity contribution >= 4 is 5.95 Å². The summed E-state index contributed by atoms with van der Waals surface area (Å²) in [7, 11) is 0. The van der Waals surface area contributed by atoms with E-state index in [4.69, 9.17) is 0 Å². The molecule has 0 aliphatic carbocycles. The maximum atomic E-state index is 4.46. The molecule has 0 saturated carbocycles. The Morgan fingerprint density at radius 1 is 1.09 bits per heavy atom. The Morgan fingerprint density at radius 2 is 1.91 bits per heavy atom. The van der Waals surface area contributed by atoms with Crippen molar-refractivity contribution in [3.05, 3.63) is 77.1 Å². The van der Waals surface area contributed by atoms with Gasteiger partial charge in [-0.2, -0.15) is 10.1 Å². The van der Waals surface area contributed by atoms with Gasteiger partial charge in [-0.1, -0.05) is 54.1 Å². The Hall–Kier alpha value is -2.62. The summed E-state index contributed by atoms with van der Waals surface area (Å²) in [6, 6.07) is 17.7. The minimum atomic E-state index is 0.207. The summed E-state index contributed by atoms with van der Waals surface area (Å²) < 4.78 is 2.02. The molecule has 1 aliphatic heterocycles. The summed E-state index contributed by atoms with van der Waals surface area (Å²) >= 11 is 0. The van der Waals surface area contributed by atoms with Crippen LogP contribution in [0.4, 0.5) is 5.95 Å². The number of aryl methyl sites for hydroxylation is 2. The third-order valence-corrected chi connectivity index (χ3v) is 4.63. The van der Waals surface area contributed by atoms with Crippen molar-refractivity contribution in [2.45, 2.75) is 32.4 Å². The van der Waals surface area contributed by atoms with Crippen LogP contribution in [0.25, 0.3) is 0 Å². The van der Waals surface area contributed by atoms with Crippen LogP contribution in [0.1, 0.15) is 40.8 Å². The largest absolute Gasteiger partial charge is 0.348 e. The van der Waals surface area contributed by atoms with E-state index in [1.807, 2.05) is 4.68 Å². The van der Waals surface area contributed by atoms with Gasteiger partial charge in [0, 0.05) is 0 Å². The van der Waals surface area contributed by atoms with Gasteiger partial charge in [-0.15, -0.1) is 0 Å². The highest BCUT2D eigenvalue weighted by Crippen LogP contribution is 2.38. The van der Waals surface area contributed by atoms with Crippen LogP contribution in [-0.2, 0) is 0 Å². The van der Waals surface area contributed by atoms with Crippen LogP contribution < -0.4 is 5.32 Å².